The van der Waals surface area contributed by atoms with E-state index >= 15 is 0 Å². The summed E-state index contributed by atoms with van der Waals surface area (Å²) in [7, 11) is -4.58. The Bertz CT molecular complexity index is 1420. The molecular formula is C18H19F3N8O6S. The summed E-state index contributed by atoms with van der Waals surface area (Å²) >= 11 is 0. The van der Waals surface area contributed by atoms with E-state index in [-0.39, 0.29) is 17.0 Å². The number of aliphatic hydroxyl groups is 2. The van der Waals surface area contributed by atoms with Crippen LogP contribution < -0.4 is 20.9 Å². The number of anilines is 2. The molecule has 1 aromatic carbocycles. The molecule has 2 aromatic heterocycles. The molecule has 1 saturated heterocycles. The molecule has 0 spiro atoms. The number of carbonyl (C=O) groups excluding carboxylic acids is 1. The second-order valence-corrected chi connectivity index (χ2v) is 9.21. The molecule has 3 heterocycles. The molecule has 8 N–H and O–H groups in total. The first-order valence-corrected chi connectivity index (χ1v) is 11.5. The first-order valence-electron chi connectivity index (χ1n) is 10.0. The number of amides is 1. The van der Waals surface area contributed by atoms with Crippen LogP contribution in [0.15, 0.2) is 30.9 Å². The lowest BCUT2D eigenvalue weighted by Gasteiger charge is -2.17. The quantitative estimate of drug-likeness (QED) is 0.209. The van der Waals surface area contributed by atoms with E-state index < -0.39 is 70.2 Å². The number of carbonyl (C=O) groups is 1. The fraction of sp³-hybridized carbons (Fsp3) is 0.333. The standard InChI is InChI=1S/C18H19F3N8O6S/c19-18(20,21)7-1-2-8(9(22)3-7)16(32)28-36(33,34)27-4-10-12(30)13(31)17(35-10)29-6-26-11-14(23)24-5-25-15(11)29/h1-3,5-6,10,12-13,17,27,30-31H,4,22H2,(H,28,32)(H2,23,24,25)/t10-,12-,13-,17-/m1/s1. The molecule has 0 radical (unpaired) electrons. The Morgan fingerprint density at radius 2 is 1.89 bits per heavy atom. The molecule has 4 atom stereocenters. The molecule has 1 amide bonds. The fourth-order valence-electron chi connectivity index (χ4n) is 3.53. The number of ether oxygens (including phenoxy) is 1. The van der Waals surface area contributed by atoms with E-state index in [1.807, 2.05) is 4.72 Å². The number of nitrogens with one attached hydrogen (secondary N) is 2. The highest BCUT2D eigenvalue weighted by Crippen LogP contribution is 2.32. The van der Waals surface area contributed by atoms with Crippen molar-refractivity contribution in [1.82, 2.24) is 29.0 Å². The SMILES string of the molecule is Nc1cc(C(F)(F)F)ccc1C(=O)NS(=O)(=O)NC[C@H]1O[C@@H](n2cnc3c(N)ncnc32)[C@H](O)[C@@H]1O. The molecule has 0 saturated carbocycles. The van der Waals surface area contributed by atoms with Gasteiger partial charge in [0.2, 0.25) is 0 Å². The Balaban J connectivity index is 1.42. The normalized spacial score (nSPS) is 22.7. The maximum Gasteiger partial charge on any atom is 0.416 e. The molecule has 36 heavy (non-hydrogen) atoms. The highest BCUT2D eigenvalue weighted by Gasteiger charge is 2.44. The smallest absolute Gasteiger partial charge is 0.398 e. The van der Waals surface area contributed by atoms with Gasteiger partial charge in [-0.15, -0.1) is 0 Å². The number of aromatic nitrogens is 4. The van der Waals surface area contributed by atoms with Crippen LogP contribution in [0.2, 0.25) is 0 Å². The predicted molar refractivity (Wildman–Crippen MR) is 116 cm³/mol. The van der Waals surface area contributed by atoms with Crippen LogP contribution in [0.1, 0.15) is 22.1 Å². The van der Waals surface area contributed by atoms with Crippen LogP contribution in [-0.2, 0) is 21.1 Å². The zero-order valence-electron chi connectivity index (χ0n) is 17.9. The molecule has 0 unspecified atom stereocenters. The van der Waals surface area contributed by atoms with Gasteiger partial charge >= 0.3 is 16.4 Å². The minimum absolute atomic E-state index is 0.0699. The van der Waals surface area contributed by atoms with Gasteiger partial charge in [-0.3, -0.25) is 9.36 Å². The van der Waals surface area contributed by atoms with Crippen LogP contribution in [-0.4, -0.2) is 68.9 Å². The van der Waals surface area contributed by atoms with E-state index in [9.17, 15) is 36.6 Å². The largest absolute Gasteiger partial charge is 0.416 e. The van der Waals surface area contributed by atoms with Crippen molar-refractivity contribution in [3.8, 4) is 0 Å². The summed E-state index contributed by atoms with van der Waals surface area (Å²) in [4.78, 5) is 24.1. The molecule has 0 bridgehead atoms. The van der Waals surface area contributed by atoms with Gasteiger partial charge in [0, 0.05) is 12.2 Å². The molecule has 1 aliphatic heterocycles. The van der Waals surface area contributed by atoms with Gasteiger partial charge in [-0.1, -0.05) is 0 Å². The van der Waals surface area contributed by atoms with E-state index in [1.54, 1.807) is 4.72 Å². The van der Waals surface area contributed by atoms with Crippen molar-refractivity contribution in [1.29, 1.82) is 0 Å². The number of rotatable bonds is 6. The average molecular weight is 532 g/mol. The summed E-state index contributed by atoms with van der Waals surface area (Å²) in [5.74, 6) is -1.22. The van der Waals surface area contributed by atoms with Crippen LogP contribution in [0.25, 0.3) is 11.2 Å². The number of hydrogen-bond acceptors (Lipinski definition) is 11. The van der Waals surface area contributed by atoms with Crippen LogP contribution in [0.3, 0.4) is 0 Å². The Kier molecular flexibility index (Phi) is 6.47. The summed E-state index contributed by atoms with van der Waals surface area (Å²) in [5.41, 5.74) is 9.40. The summed E-state index contributed by atoms with van der Waals surface area (Å²) in [6.45, 7) is -0.594. The number of hydrogen-bond donors (Lipinski definition) is 6. The molecule has 1 aliphatic rings. The Morgan fingerprint density at radius 3 is 2.56 bits per heavy atom. The van der Waals surface area contributed by atoms with Crippen molar-refractivity contribution < 1.29 is 41.3 Å². The number of nitrogen functional groups attached to an aromatic ring is 2. The van der Waals surface area contributed by atoms with Crippen molar-refractivity contribution in [2.75, 3.05) is 18.0 Å². The van der Waals surface area contributed by atoms with E-state index in [0.29, 0.717) is 12.1 Å². The third-order valence-corrected chi connectivity index (χ3v) is 6.32. The fourth-order valence-corrected chi connectivity index (χ4v) is 4.34. The monoisotopic (exact) mass is 532 g/mol. The van der Waals surface area contributed by atoms with Crippen molar-refractivity contribution in [3.05, 3.63) is 42.0 Å². The Labute approximate surface area is 200 Å². The number of benzene rings is 1. The minimum atomic E-state index is -4.70. The molecule has 18 heteroatoms. The molecular weight excluding hydrogens is 513 g/mol. The van der Waals surface area contributed by atoms with Gasteiger partial charge in [0.15, 0.2) is 17.7 Å². The number of fused-ring (bicyclic) bond motifs is 1. The molecule has 1 fully saturated rings. The van der Waals surface area contributed by atoms with Crippen molar-refractivity contribution in [2.45, 2.75) is 30.7 Å². The van der Waals surface area contributed by atoms with Crippen molar-refractivity contribution in [2.24, 2.45) is 0 Å². The minimum Gasteiger partial charge on any atom is -0.398 e. The maximum atomic E-state index is 12.8. The number of halogens is 3. The van der Waals surface area contributed by atoms with E-state index in [0.717, 1.165) is 12.4 Å². The van der Waals surface area contributed by atoms with E-state index in [2.05, 4.69) is 15.0 Å². The van der Waals surface area contributed by atoms with Crippen molar-refractivity contribution in [3.63, 3.8) is 0 Å². The zero-order valence-corrected chi connectivity index (χ0v) is 18.7. The molecule has 3 aromatic rings. The van der Waals surface area contributed by atoms with Crippen LogP contribution in [0.5, 0.6) is 0 Å². The van der Waals surface area contributed by atoms with Gasteiger partial charge in [0.25, 0.3) is 5.91 Å². The third kappa shape index (κ3) is 4.88. The molecule has 194 valence electrons. The number of nitrogens with zero attached hydrogens (tertiary/aromatic N) is 4. The lowest BCUT2D eigenvalue weighted by Crippen LogP contribution is -2.45. The van der Waals surface area contributed by atoms with E-state index in [4.69, 9.17) is 16.2 Å². The van der Waals surface area contributed by atoms with Gasteiger partial charge in [-0.2, -0.15) is 26.3 Å². The van der Waals surface area contributed by atoms with Crippen LogP contribution in [0.4, 0.5) is 24.7 Å². The number of nitrogens with two attached hydrogens (primary N) is 2. The first-order chi connectivity index (χ1) is 16.8. The van der Waals surface area contributed by atoms with Gasteiger partial charge < -0.3 is 26.4 Å². The zero-order chi connectivity index (χ0) is 26.4. The third-order valence-electron chi connectivity index (χ3n) is 5.32. The van der Waals surface area contributed by atoms with Crippen LogP contribution >= 0.6 is 0 Å². The summed E-state index contributed by atoms with van der Waals surface area (Å²) < 4.78 is 73.4. The lowest BCUT2D eigenvalue weighted by molar-refractivity contribution is -0.137. The maximum absolute atomic E-state index is 12.8. The second kappa shape index (κ2) is 9.13. The first kappa shape index (κ1) is 25.5. The Morgan fingerprint density at radius 1 is 1.17 bits per heavy atom. The molecule has 14 nitrogen and oxygen atoms in total. The van der Waals surface area contributed by atoms with Gasteiger partial charge in [-0.25, -0.2) is 19.7 Å². The molecule has 4 rings (SSSR count). The number of aliphatic hydroxyl groups excluding tert-OH is 2. The van der Waals surface area contributed by atoms with Crippen molar-refractivity contribution >= 4 is 38.8 Å². The highest BCUT2D eigenvalue weighted by atomic mass is 32.2. The summed E-state index contributed by atoms with van der Waals surface area (Å²) in [5, 5.41) is 20.8. The average Bonchev–Trinajstić information content (AvgIpc) is 3.33. The second-order valence-electron chi connectivity index (χ2n) is 7.71. The van der Waals surface area contributed by atoms with E-state index in [1.165, 1.54) is 10.9 Å². The van der Waals surface area contributed by atoms with Gasteiger partial charge in [0.05, 0.1) is 17.5 Å². The highest BCUT2D eigenvalue weighted by molar-refractivity contribution is 7.88. The number of imidazole rings is 1. The summed E-state index contributed by atoms with van der Waals surface area (Å²) in [6, 6.07) is 1.81. The molecule has 0 aliphatic carbocycles. The van der Waals surface area contributed by atoms with Gasteiger partial charge in [0.1, 0.15) is 30.2 Å². The van der Waals surface area contributed by atoms with Gasteiger partial charge in [-0.05, 0) is 18.2 Å². The number of alkyl halides is 3. The predicted octanol–water partition coefficient (Wildman–Crippen LogP) is -1.11. The lowest BCUT2D eigenvalue weighted by atomic mass is 10.1. The Hall–Kier alpha value is -3.58. The topological polar surface area (TPSA) is 221 Å². The van der Waals surface area contributed by atoms with Crippen LogP contribution in [0, 0.1) is 0 Å². The summed E-state index contributed by atoms with van der Waals surface area (Å²) in [6.07, 6.45) is -7.86.